The van der Waals surface area contributed by atoms with Crippen molar-refractivity contribution in [1.82, 2.24) is 29.5 Å². The van der Waals surface area contributed by atoms with E-state index in [0.29, 0.717) is 18.2 Å². The fraction of sp³-hybridized carbons (Fsp3) is 0.480. The fourth-order valence-corrected chi connectivity index (χ4v) is 6.43. The standard InChI is InChI=1S/C25H29ClFN9OS/c26-19-15(4-8-29-23(19)27)20(28)21-24(33-18-3-1-2-12-37-18)32-17(13-30-21)35-10-6-25(7-11-35)14-36-16(5-9-31-36)22(25)34-38/h4-5,8-9,13,18,22,28,34,38H,1-3,6-7,10-12,14H2,(H,32,33). The molecule has 6 heterocycles. The van der Waals surface area contributed by atoms with Crippen molar-refractivity contribution in [2.24, 2.45) is 5.41 Å². The molecule has 13 heteroatoms. The lowest BCUT2D eigenvalue weighted by molar-refractivity contribution is 0.0341. The van der Waals surface area contributed by atoms with Crippen molar-refractivity contribution >= 4 is 41.8 Å². The number of halogens is 2. The summed E-state index contributed by atoms with van der Waals surface area (Å²) in [6.07, 6.45) is 9.30. The van der Waals surface area contributed by atoms with Crippen LogP contribution >= 0.6 is 24.4 Å². The summed E-state index contributed by atoms with van der Waals surface area (Å²) in [5.41, 5.74) is 1.66. The van der Waals surface area contributed by atoms with E-state index in [-0.39, 0.29) is 39.7 Å². The van der Waals surface area contributed by atoms with Crippen molar-refractivity contribution in [2.75, 3.05) is 29.9 Å². The minimum absolute atomic E-state index is 0.0330. The van der Waals surface area contributed by atoms with Crippen molar-refractivity contribution in [3.05, 3.63) is 58.6 Å². The summed E-state index contributed by atoms with van der Waals surface area (Å²) >= 11 is 10.6. The van der Waals surface area contributed by atoms with Crippen molar-refractivity contribution in [3.63, 3.8) is 0 Å². The van der Waals surface area contributed by atoms with Crippen LogP contribution in [0.5, 0.6) is 0 Å². The zero-order chi connectivity index (χ0) is 26.3. The molecule has 2 fully saturated rings. The summed E-state index contributed by atoms with van der Waals surface area (Å²) in [5.74, 6) is 0.311. The summed E-state index contributed by atoms with van der Waals surface area (Å²) in [6.45, 7) is 3.11. The summed E-state index contributed by atoms with van der Waals surface area (Å²) < 4.78 is 25.2. The first kappa shape index (κ1) is 25.5. The van der Waals surface area contributed by atoms with Gasteiger partial charge in [0.05, 0.1) is 23.6 Å². The summed E-state index contributed by atoms with van der Waals surface area (Å²) in [6, 6.07) is 3.70. The molecule has 0 amide bonds. The number of thiol groups is 1. The van der Waals surface area contributed by atoms with E-state index in [1.165, 1.54) is 18.0 Å². The molecule has 0 aliphatic carbocycles. The van der Waals surface area contributed by atoms with Gasteiger partial charge in [0.15, 0.2) is 5.82 Å². The second kappa shape index (κ2) is 10.4. The number of nitrogens with zero attached hydrogens (tertiary/aromatic N) is 6. The number of aromatic nitrogens is 5. The average molecular weight is 558 g/mol. The SMILES string of the molecule is N=C(c1ccnc(F)c1Cl)c1ncc(N2CCC3(CC2)Cn2nccc2C3NS)nc1NC1CCCCO1. The van der Waals surface area contributed by atoms with Gasteiger partial charge in [-0.15, -0.1) is 0 Å². The second-order valence-electron chi connectivity index (χ2n) is 10.1. The molecule has 2 unspecified atom stereocenters. The molecule has 200 valence electrons. The van der Waals surface area contributed by atoms with Gasteiger partial charge in [-0.25, -0.2) is 15.0 Å². The van der Waals surface area contributed by atoms with E-state index in [4.69, 9.17) is 26.7 Å². The van der Waals surface area contributed by atoms with Gasteiger partial charge in [-0.3, -0.25) is 14.8 Å². The van der Waals surface area contributed by atoms with E-state index in [1.54, 1.807) is 6.20 Å². The van der Waals surface area contributed by atoms with E-state index in [0.717, 1.165) is 51.7 Å². The molecule has 2 atom stereocenters. The van der Waals surface area contributed by atoms with Crippen molar-refractivity contribution in [2.45, 2.75) is 50.9 Å². The zero-order valence-corrected chi connectivity index (χ0v) is 22.4. The topological polar surface area (TPSA) is 117 Å². The number of pyridine rings is 1. The number of ether oxygens (including phenoxy) is 1. The van der Waals surface area contributed by atoms with Gasteiger partial charge in [0.25, 0.3) is 0 Å². The number of nitrogens with one attached hydrogen (secondary N) is 3. The maximum absolute atomic E-state index is 14.0. The third kappa shape index (κ3) is 4.53. The van der Waals surface area contributed by atoms with E-state index in [1.807, 2.05) is 6.20 Å². The van der Waals surface area contributed by atoms with Crippen LogP contribution in [0, 0.1) is 16.8 Å². The van der Waals surface area contributed by atoms with Crippen molar-refractivity contribution in [3.8, 4) is 0 Å². The monoisotopic (exact) mass is 557 g/mol. The highest BCUT2D eigenvalue weighted by molar-refractivity contribution is 7.78. The molecule has 3 aromatic rings. The van der Waals surface area contributed by atoms with E-state index >= 15 is 0 Å². The van der Waals surface area contributed by atoms with Gasteiger partial charge in [0, 0.05) is 49.6 Å². The maximum Gasteiger partial charge on any atom is 0.232 e. The molecule has 0 radical (unpaired) electrons. The largest absolute Gasteiger partial charge is 0.359 e. The van der Waals surface area contributed by atoms with E-state index in [9.17, 15) is 4.39 Å². The first-order chi connectivity index (χ1) is 18.5. The van der Waals surface area contributed by atoms with Gasteiger partial charge >= 0.3 is 0 Å². The normalized spacial score (nSPS) is 22.4. The number of rotatable bonds is 6. The zero-order valence-electron chi connectivity index (χ0n) is 20.7. The summed E-state index contributed by atoms with van der Waals surface area (Å²) in [5, 5.41) is 16.4. The van der Waals surface area contributed by atoms with Crippen LogP contribution in [0.2, 0.25) is 5.02 Å². The number of hydrogen-bond donors (Lipinski definition) is 4. The summed E-state index contributed by atoms with van der Waals surface area (Å²) in [4.78, 5) is 15.3. The molecule has 0 saturated carbocycles. The minimum atomic E-state index is -0.825. The van der Waals surface area contributed by atoms with Gasteiger partial charge in [-0.1, -0.05) is 24.4 Å². The highest BCUT2D eigenvalue weighted by Crippen LogP contribution is 2.49. The van der Waals surface area contributed by atoms with Gasteiger partial charge in [0.1, 0.15) is 22.8 Å². The number of anilines is 2. The Kier molecular flexibility index (Phi) is 6.97. The van der Waals surface area contributed by atoms with Gasteiger partial charge in [-0.2, -0.15) is 9.49 Å². The Morgan fingerprint density at radius 3 is 2.82 bits per heavy atom. The lowest BCUT2D eigenvalue weighted by Gasteiger charge is -2.42. The molecule has 6 rings (SSSR count). The minimum Gasteiger partial charge on any atom is -0.359 e. The summed E-state index contributed by atoms with van der Waals surface area (Å²) in [7, 11) is 0. The Bertz CT molecular complexity index is 1340. The van der Waals surface area contributed by atoms with Crippen LogP contribution in [-0.4, -0.2) is 56.4 Å². The van der Waals surface area contributed by atoms with Crippen molar-refractivity contribution < 1.29 is 9.13 Å². The molecule has 3 aliphatic heterocycles. The quantitative estimate of drug-likeness (QED) is 0.204. The Labute approximate surface area is 230 Å². The van der Waals surface area contributed by atoms with Crippen LogP contribution in [0.25, 0.3) is 0 Å². The van der Waals surface area contributed by atoms with E-state index < -0.39 is 5.95 Å². The fourth-order valence-electron chi connectivity index (χ4n) is 5.82. The maximum atomic E-state index is 14.0. The molecular formula is C25H29ClFN9OS. The smallest absolute Gasteiger partial charge is 0.232 e. The molecule has 3 aromatic heterocycles. The molecule has 0 bridgehead atoms. The highest BCUT2D eigenvalue weighted by atomic mass is 35.5. The van der Waals surface area contributed by atoms with Crippen LogP contribution in [0.1, 0.15) is 55.1 Å². The first-order valence-electron chi connectivity index (χ1n) is 12.8. The third-order valence-electron chi connectivity index (χ3n) is 7.92. The van der Waals surface area contributed by atoms with Crippen LogP contribution < -0.4 is 14.9 Å². The Morgan fingerprint density at radius 1 is 1.21 bits per heavy atom. The van der Waals surface area contributed by atoms with Gasteiger partial charge in [-0.05, 0) is 44.2 Å². The van der Waals surface area contributed by atoms with Crippen LogP contribution in [0.4, 0.5) is 16.0 Å². The third-order valence-corrected chi connectivity index (χ3v) is 8.54. The second-order valence-corrected chi connectivity index (χ2v) is 10.7. The predicted octanol–water partition coefficient (Wildman–Crippen LogP) is 3.99. The molecule has 1 spiro atoms. The van der Waals surface area contributed by atoms with Crippen LogP contribution in [0.15, 0.2) is 30.7 Å². The number of hydrogen-bond acceptors (Lipinski definition) is 10. The molecule has 0 aromatic carbocycles. The highest BCUT2D eigenvalue weighted by Gasteiger charge is 2.48. The predicted molar refractivity (Wildman–Crippen MR) is 145 cm³/mol. The first-order valence-corrected chi connectivity index (χ1v) is 13.6. The Morgan fingerprint density at radius 2 is 2.05 bits per heavy atom. The van der Waals surface area contributed by atoms with E-state index in [2.05, 4.69) is 53.6 Å². The molecule has 2 saturated heterocycles. The molecular weight excluding hydrogens is 529 g/mol. The number of piperidine rings is 1. The lowest BCUT2D eigenvalue weighted by Crippen LogP contribution is -2.45. The van der Waals surface area contributed by atoms with Crippen LogP contribution in [0.3, 0.4) is 0 Å². The molecule has 10 nitrogen and oxygen atoms in total. The van der Waals surface area contributed by atoms with Gasteiger partial charge < -0.3 is 15.0 Å². The van der Waals surface area contributed by atoms with Crippen molar-refractivity contribution in [1.29, 1.82) is 5.41 Å². The molecule has 3 aliphatic rings. The van der Waals surface area contributed by atoms with Gasteiger partial charge in [0.2, 0.25) is 5.95 Å². The Hall–Kier alpha value is -2.80. The van der Waals surface area contributed by atoms with Crippen LogP contribution in [-0.2, 0) is 11.3 Å². The molecule has 38 heavy (non-hydrogen) atoms. The number of fused-ring (bicyclic) bond motifs is 1. The molecule has 3 N–H and O–H groups in total. The lowest BCUT2D eigenvalue weighted by atomic mass is 9.73. The average Bonchev–Trinajstić information content (AvgIpc) is 3.49. The Balaban J connectivity index is 1.26.